The van der Waals surface area contributed by atoms with Crippen LogP contribution in [0.5, 0.6) is 0 Å². The van der Waals surface area contributed by atoms with Gasteiger partial charge in [0.25, 0.3) is 0 Å². The molecular weight excluding hydrogens is 346 g/mol. The van der Waals surface area contributed by atoms with Crippen molar-refractivity contribution in [3.05, 3.63) is 47.2 Å². The predicted molar refractivity (Wildman–Crippen MR) is 102 cm³/mol. The number of nitriles is 4. The lowest BCUT2D eigenvalue weighted by molar-refractivity contribution is -0.676. The zero-order valence-electron chi connectivity index (χ0n) is 16.5. The molecule has 0 spiro atoms. The maximum absolute atomic E-state index is 10.3. The molecule has 0 amide bonds. The highest BCUT2D eigenvalue weighted by Gasteiger charge is 2.69. The summed E-state index contributed by atoms with van der Waals surface area (Å²) in [5, 5.41) is 43.0. The summed E-state index contributed by atoms with van der Waals surface area (Å²) in [4.78, 5) is 0. The van der Waals surface area contributed by atoms with E-state index in [1.54, 1.807) is 0 Å². The van der Waals surface area contributed by atoms with E-state index in [1.807, 2.05) is 42.6 Å². The van der Waals surface area contributed by atoms with Gasteiger partial charge in [-0.3, -0.25) is 0 Å². The smallest absolute Gasteiger partial charge is 0.234 e. The van der Waals surface area contributed by atoms with Crippen LogP contribution in [0.25, 0.3) is 0 Å². The third kappa shape index (κ3) is 2.45. The van der Waals surface area contributed by atoms with Crippen LogP contribution in [0.2, 0.25) is 0 Å². The van der Waals surface area contributed by atoms with Crippen molar-refractivity contribution in [1.29, 1.82) is 21.0 Å². The van der Waals surface area contributed by atoms with Crippen molar-refractivity contribution in [2.75, 3.05) is 0 Å². The summed E-state index contributed by atoms with van der Waals surface area (Å²) in [6.45, 7) is 6.30. The van der Waals surface area contributed by atoms with Crippen molar-refractivity contribution < 1.29 is 5.32 Å². The minimum Gasteiger partial charge on any atom is -0.309 e. The molecule has 28 heavy (non-hydrogen) atoms. The van der Waals surface area contributed by atoms with Gasteiger partial charge in [0.2, 0.25) is 10.8 Å². The van der Waals surface area contributed by atoms with Crippen LogP contribution in [0.1, 0.15) is 45.2 Å². The number of nitrogens with zero attached hydrogens (tertiary/aromatic N) is 4. The van der Waals surface area contributed by atoms with Crippen molar-refractivity contribution in [2.45, 2.75) is 39.7 Å². The second-order valence-electron chi connectivity index (χ2n) is 8.26. The van der Waals surface area contributed by atoms with E-state index in [1.165, 1.54) is 0 Å². The molecule has 2 aliphatic rings. The largest absolute Gasteiger partial charge is 0.309 e. The molecule has 5 nitrogen and oxygen atoms in total. The average Bonchev–Trinajstić information content (AvgIpc) is 2.72. The Hall–Kier alpha value is -3.12. The molecule has 0 aromatic heterocycles. The van der Waals surface area contributed by atoms with E-state index in [0.717, 1.165) is 24.1 Å². The Morgan fingerprint density at radius 2 is 1.57 bits per heavy atom. The summed E-state index contributed by atoms with van der Waals surface area (Å²) in [7, 11) is 0. The Morgan fingerprint density at radius 3 is 2.07 bits per heavy atom. The third-order valence-corrected chi connectivity index (χ3v) is 6.57. The van der Waals surface area contributed by atoms with Crippen LogP contribution in [0.4, 0.5) is 0 Å². The van der Waals surface area contributed by atoms with Gasteiger partial charge in [-0.1, -0.05) is 51.1 Å². The SMILES string of the molecule is CC(C)[C@H]1CC[C@H](C)C2=C1[NH2+][C@H](c1ccccc1)C(C#N)(C#N)C2(C#N)C#N. The molecule has 1 aromatic rings. The van der Waals surface area contributed by atoms with Crippen LogP contribution in [-0.2, 0) is 0 Å². The molecule has 0 radical (unpaired) electrons. The van der Waals surface area contributed by atoms with Gasteiger partial charge in [-0.2, -0.15) is 21.0 Å². The summed E-state index contributed by atoms with van der Waals surface area (Å²) in [6, 6.07) is 17.3. The van der Waals surface area contributed by atoms with E-state index < -0.39 is 16.9 Å². The number of allylic oxidation sites excluding steroid dienone is 2. The number of nitrogens with two attached hydrogens (primary N) is 1. The molecular formula is C23H24N5+. The van der Waals surface area contributed by atoms with Gasteiger partial charge in [-0.15, -0.1) is 0 Å². The predicted octanol–water partition coefficient (Wildman–Crippen LogP) is 3.33. The number of benzene rings is 1. The summed E-state index contributed by atoms with van der Waals surface area (Å²) in [6.07, 6.45) is 1.83. The fourth-order valence-corrected chi connectivity index (χ4v) is 5.12. The molecule has 5 heteroatoms. The van der Waals surface area contributed by atoms with E-state index in [4.69, 9.17) is 0 Å². The minimum atomic E-state index is -1.79. The lowest BCUT2D eigenvalue weighted by Gasteiger charge is -2.47. The van der Waals surface area contributed by atoms with Gasteiger partial charge >= 0.3 is 0 Å². The van der Waals surface area contributed by atoms with E-state index in [0.29, 0.717) is 11.5 Å². The molecule has 1 aliphatic carbocycles. The highest BCUT2D eigenvalue weighted by molar-refractivity contribution is 5.51. The Kier molecular flexibility index (Phi) is 5.00. The summed E-state index contributed by atoms with van der Waals surface area (Å²) < 4.78 is 0. The van der Waals surface area contributed by atoms with E-state index in [2.05, 4.69) is 38.1 Å². The lowest BCUT2D eigenvalue weighted by Crippen LogP contribution is -2.91. The lowest BCUT2D eigenvalue weighted by atomic mass is 9.51. The van der Waals surface area contributed by atoms with Crippen molar-refractivity contribution in [2.24, 2.45) is 28.6 Å². The van der Waals surface area contributed by atoms with Gasteiger partial charge in [-0.05, 0) is 24.7 Å². The highest BCUT2D eigenvalue weighted by Crippen LogP contribution is 2.57. The second kappa shape index (κ2) is 7.13. The van der Waals surface area contributed by atoms with E-state index >= 15 is 0 Å². The Balaban J connectivity index is 2.41. The van der Waals surface area contributed by atoms with Gasteiger partial charge in [0.05, 0.1) is 24.3 Å². The highest BCUT2D eigenvalue weighted by atomic mass is 15.0. The Morgan fingerprint density at radius 1 is 0.964 bits per heavy atom. The first kappa shape index (κ1) is 19.6. The monoisotopic (exact) mass is 370 g/mol. The zero-order valence-corrected chi connectivity index (χ0v) is 16.5. The van der Waals surface area contributed by atoms with Crippen LogP contribution < -0.4 is 5.32 Å². The van der Waals surface area contributed by atoms with Crippen LogP contribution >= 0.6 is 0 Å². The Bertz CT molecular complexity index is 933. The Labute approximate surface area is 166 Å². The fraction of sp³-hybridized carbons (Fsp3) is 0.478. The van der Waals surface area contributed by atoms with Gasteiger partial charge in [0.1, 0.15) is 5.70 Å². The number of rotatable bonds is 2. The molecule has 0 bridgehead atoms. The molecule has 140 valence electrons. The molecule has 0 fully saturated rings. The normalized spacial score (nSPS) is 27.6. The maximum atomic E-state index is 10.3. The number of quaternary nitrogens is 1. The van der Waals surface area contributed by atoms with Crippen molar-refractivity contribution in [1.82, 2.24) is 0 Å². The van der Waals surface area contributed by atoms with Crippen LogP contribution in [0.3, 0.4) is 0 Å². The van der Waals surface area contributed by atoms with Gasteiger partial charge in [0, 0.05) is 17.1 Å². The number of hydrogen-bond acceptors (Lipinski definition) is 4. The van der Waals surface area contributed by atoms with Crippen molar-refractivity contribution in [3.63, 3.8) is 0 Å². The molecule has 0 saturated carbocycles. The fourth-order valence-electron chi connectivity index (χ4n) is 5.12. The third-order valence-electron chi connectivity index (χ3n) is 6.57. The molecule has 1 aromatic carbocycles. The first-order chi connectivity index (χ1) is 13.4. The molecule has 3 atom stereocenters. The summed E-state index contributed by atoms with van der Waals surface area (Å²) >= 11 is 0. The molecule has 3 rings (SSSR count). The number of hydrogen-bond donors (Lipinski definition) is 1. The first-order valence-corrected chi connectivity index (χ1v) is 9.71. The maximum Gasteiger partial charge on any atom is 0.234 e. The molecule has 1 heterocycles. The van der Waals surface area contributed by atoms with Gasteiger partial charge in [-0.25, -0.2) is 0 Å². The minimum absolute atomic E-state index is 0.0154. The molecule has 1 aliphatic heterocycles. The van der Waals surface area contributed by atoms with Crippen LogP contribution in [0, 0.1) is 73.9 Å². The molecule has 0 saturated heterocycles. The van der Waals surface area contributed by atoms with Crippen molar-refractivity contribution in [3.8, 4) is 24.3 Å². The standard InChI is InChI=1S/C23H23N5/c1-15(2)18-10-9-16(3)19-20(18)28-21(17-7-5-4-6-8-17)23(13-26,14-27)22(19,11-24)12-25/h4-8,15-16,18,21,28H,9-10H2,1-3H3/p+1/t16-,18+,21+/m0/s1. The molecule has 2 N–H and O–H groups in total. The van der Waals surface area contributed by atoms with Gasteiger partial charge in [0.15, 0.2) is 6.04 Å². The quantitative estimate of drug-likeness (QED) is 0.860. The van der Waals surface area contributed by atoms with Crippen LogP contribution in [-0.4, -0.2) is 0 Å². The van der Waals surface area contributed by atoms with Crippen molar-refractivity contribution >= 4 is 0 Å². The zero-order chi connectivity index (χ0) is 20.5. The van der Waals surface area contributed by atoms with Crippen LogP contribution in [0.15, 0.2) is 41.6 Å². The first-order valence-electron chi connectivity index (χ1n) is 9.71. The summed E-state index contributed by atoms with van der Waals surface area (Å²) in [5.74, 6) is 0.546. The van der Waals surface area contributed by atoms with E-state index in [9.17, 15) is 21.0 Å². The second-order valence-corrected chi connectivity index (χ2v) is 8.26. The summed E-state index contributed by atoms with van der Waals surface area (Å²) in [5.41, 5.74) is -1.09. The molecule has 0 unspecified atom stereocenters. The van der Waals surface area contributed by atoms with Gasteiger partial charge < -0.3 is 5.32 Å². The topological polar surface area (TPSA) is 112 Å². The average molecular weight is 370 g/mol. The van der Waals surface area contributed by atoms with E-state index in [-0.39, 0.29) is 11.8 Å².